The second-order valence-corrected chi connectivity index (χ2v) is 10.1. The van der Waals surface area contributed by atoms with E-state index >= 15 is 4.39 Å². The fraction of sp³-hybridized carbons (Fsp3) is 0.194. The summed E-state index contributed by atoms with van der Waals surface area (Å²) in [6.45, 7) is 2.77. The van der Waals surface area contributed by atoms with Gasteiger partial charge in [0.25, 0.3) is 5.91 Å². The zero-order valence-corrected chi connectivity index (χ0v) is 22.6. The number of amides is 1. The van der Waals surface area contributed by atoms with E-state index in [0.29, 0.717) is 40.8 Å². The van der Waals surface area contributed by atoms with Crippen molar-refractivity contribution in [3.05, 3.63) is 83.9 Å². The lowest BCUT2D eigenvalue weighted by molar-refractivity contribution is 0.0692. The number of H-pyrrole nitrogens is 1. The minimum Gasteiger partial charge on any atom is -0.476 e. The van der Waals surface area contributed by atoms with Crippen LogP contribution >= 0.6 is 0 Å². The summed E-state index contributed by atoms with van der Waals surface area (Å²) in [4.78, 5) is 36.5. The van der Waals surface area contributed by atoms with E-state index < -0.39 is 17.7 Å². The van der Waals surface area contributed by atoms with Gasteiger partial charge in [0.1, 0.15) is 0 Å². The first-order valence-corrected chi connectivity index (χ1v) is 13.2. The second-order valence-electron chi connectivity index (χ2n) is 10.1. The summed E-state index contributed by atoms with van der Waals surface area (Å²) in [6.07, 6.45) is 1.37. The van der Waals surface area contributed by atoms with Crippen molar-refractivity contribution in [3.8, 4) is 11.1 Å². The minimum absolute atomic E-state index is 0.00842. The van der Waals surface area contributed by atoms with Gasteiger partial charge in [0.2, 0.25) is 0 Å². The number of carboxylic acid groups (broad SMARTS) is 1. The maximum absolute atomic E-state index is 16.0. The molecular formula is C31H28FN5O4. The molecule has 6 rings (SSSR count). The van der Waals surface area contributed by atoms with Gasteiger partial charge in [-0.05, 0) is 42.5 Å². The standard InChI is InChI=1S/C31H28FN5O4/c1-36(2)19-8-6-18(7-9-19)30(38)35-24-5-3-4-21(27(24)32)23-17-33-29(31(39)40)28-26(23)22-11-10-20(16-25(22)34-28)37-12-14-41-15-13-37/h3-11,16-17,34H,12-15H2,1-2H3,(H,35,38)(H,39,40). The number of aromatic carboxylic acids is 1. The summed E-state index contributed by atoms with van der Waals surface area (Å²) in [7, 11) is 3.81. The molecule has 0 spiro atoms. The first-order chi connectivity index (χ1) is 19.8. The summed E-state index contributed by atoms with van der Waals surface area (Å²) < 4.78 is 21.5. The van der Waals surface area contributed by atoms with Gasteiger partial charge in [0.05, 0.1) is 24.4 Å². The number of hydrogen-bond acceptors (Lipinski definition) is 6. The predicted octanol–water partition coefficient (Wildman–Crippen LogP) is 5.38. The van der Waals surface area contributed by atoms with E-state index in [-0.39, 0.29) is 16.9 Å². The molecule has 2 aromatic heterocycles. The number of aromatic nitrogens is 2. The number of carboxylic acids is 1. The molecule has 0 atom stereocenters. The van der Waals surface area contributed by atoms with Crippen LogP contribution in [0.1, 0.15) is 20.8 Å². The summed E-state index contributed by atoms with van der Waals surface area (Å²) >= 11 is 0. The van der Waals surface area contributed by atoms with Crippen molar-refractivity contribution in [2.24, 2.45) is 0 Å². The number of benzene rings is 3. The molecule has 3 N–H and O–H groups in total. The first kappa shape index (κ1) is 26.3. The van der Waals surface area contributed by atoms with E-state index in [1.807, 2.05) is 49.3 Å². The number of pyridine rings is 1. The molecule has 0 saturated carbocycles. The number of nitrogens with one attached hydrogen (secondary N) is 2. The van der Waals surface area contributed by atoms with Crippen LogP contribution in [0.2, 0.25) is 0 Å². The van der Waals surface area contributed by atoms with Crippen LogP contribution in [-0.4, -0.2) is 67.3 Å². The monoisotopic (exact) mass is 553 g/mol. The van der Waals surface area contributed by atoms with Gasteiger partial charge in [-0.2, -0.15) is 0 Å². The van der Waals surface area contributed by atoms with Gasteiger partial charge in [-0.25, -0.2) is 14.2 Å². The van der Waals surface area contributed by atoms with Crippen LogP contribution in [0.4, 0.5) is 21.5 Å². The number of morpholine rings is 1. The Morgan fingerprint density at radius 3 is 2.51 bits per heavy atom. The Kier molecular flexibility index (Phi) is 6.76. The number of carbonyl (C=O) groups is 2. The highest BCUT2D eigenvalue weighted by Gasteiger charge is 2.23. The van der Waals surface area contributed by atoms with Crippen molar-refractivity contribution in [2.45, 2.75) is 0 Å². The molecule has 1 aliphatic rings. The molecule has 41 heavy (non-hydrogen) atoms. The molecule has 208 valence electrons. The molecule has 3 aromatic carbocycles. The second kappa shape index (κ2) is 10.5. The first-order valence-electron chi connectivity index (χ1n) is 13.2. The molecular weight excluding hydrogens is 525 g/mol. The number of anilines is 3. The van der Waals surface area contributed by atoms with E-state index in [1.54, 1.807) is 24.3 Å². The number of halogens is 1. The van der Waals surface area contributed by atoms with Crippen molar-refractivity contribution >= 4 is 50.7 Å². The fourth-order valence-corrected chi connectivity index (χ4v) is 5.23. The molecule has 0 unspecified atom stereocenters. The van der Waals surface area contributed by atoms with E-state index in [1.165, 1.54) is 12.3 Å². The van der Waals surface area contributed by atoms with E-state index in [0.717, 1.165) is 29.9 Å². The molecule has 0 radical (unpaired) electrons. The third-order valence-electron chi connectivity index (χ3n) is 7.37. The van der Waals surface area contributed by atoms with Gasteiger partial charge in [-0.3, -0.25) is 4.79 Å². The van der Waals surface area contributed by atoms with Gasteiger partial charge in [0, 0.05) is 77.7 Å². The third kappa shape index (κ3) is 4.82. The highest BCUT2D eigenvalue weighted by molar-refractivity contribution is 6.18. The molecule has 0 bridgehead atoms. The van der Waals surface area contributed by atoms with E-state index in [9.17, 15) is 14.7 Å². The Morgan fingerprint density at radius 1 is 1.05 bits per heavy atom. The predicted molar refractivity (Wildman–Crippen MR) is 158 cm³/mol. The average Bonchev–Trinajstić information content (AvgIpc) is 3.37. The molecule has 0 aliphatic carbocycles. The third-order valence-corrected chi connectivity index (χ3v) is 7.37. The number of carbonyl (C=O) groups excluding carboxylic acids is 1. The van der Waals surface area contributed by atoms with E-state index in [2.05, 4.69) is 20.2 Å². The molecule has 9 nitrogen and oxygen atoms in total. The molecule has 1 aliphatic heterocycles. The summed E-state index contributed by atoms with van der Waals surface area (Å²) in [6, 6.07) is 17.6. The van der Waals surface area contributed by atoms with Gasteiger partial charge >= 0.3 is 5.97 Å². The van der Waals surface area contributed by atoms with E-state index in [4.69, 9.17) is 4.74 Å². The number of hydrogen-bond donors (Lipinski definition) is 3. The highest BCUT2D eigenvalue weighted by Crippen LogP contribution is 2.39. The number of fused-ring (bicyclic) bond motifs is 3. The normalized spacial score (nSPS) is 13.5. The largest absolute Gasteiger partial charge is 0.476 e. The molecule has 1 amide bonds. The molecule has 10 heteroatoms. The van der Waals surface area contributed by atoms with Crippen LogP contribution in [0.5, 0.6) is 0 Å². The van der Waals surface area contributed by atoms with Crippen LogP contribution in [0, 0.1) is 5.82 Å². The average molecular weight is 554 g/mol. The quantitative estimate of drug-likeness (QED) is 0.259. The Morgan fingerprint density at radius 2 is 1.80 bits per heavy atom. The molecule has 1 saturated heterocycles. The molecule has 3 heterocycles. The lowest BCUT2D eigenvalue weighted by Gasteiger charge is -2.28. The van der Waals surface area contributed by atoms with Crippen LogP contribution < -0.4 is 15.1 Å². The lowest BCUT2D eigenvalue weighted by atomic mass is 9.99. The number of rotatable bonds is 6. The summed E-state index contributed by atoms with van der Waals surface area (Å²) in [5.41, 5.74) is 3.79. The fourth-order valence-electron chi connectivity index (χ4n) is 5.23. The SMILES string of the molecule is CN(C)c1ccc(C(=O)Nc2cccc(-c3cnc(C(=O)O)c4[nH]c5cc(N6CCOCC6)ccc5c34)c2F)cc1. The van der Waals surface area contributed by atoms with Crippen molar-refractivity contribution in [2.75, 3.05) is 55.5 Å². The maximum Gasteiger partial charge on any atom is 0.356 e. The van der Waals surface area contributed by atoms with Crippen LogP contribution in [0.25, 0.3) is 32.9 Å². The van der Waals surface area contributed by atoms with Gasteiger partial charge < -0.3 is 29.9 Å². The van der Waals surface area contributed by atoms with Crippen molar-refractivity contribution in [3.63, 3.8) is 0 Å². The number of ether oxygens (including phenoxy) is 1. The maximum atomic E-state index is 16.0. The van der Waals surface area contributed by atoms with Crippen molar-refractivity contribution < 1.29 is 23.8 Å². The van der Waals surface area contributed by atoms with Gasteiger partial charge in [-0.15, -0.1) is 0 Å². The zero-order chi connectivity index (χ0) is 28.7. The van der Waals surface area contributed by atoms with Crippen molar-refractivity contribution in [1.29, 1.82) is 0 Å². The molecule has 1 fully saturated rings. The Labute approximate surface area is 235 Å². The number of aromatic amines is 1. The van der Waals surface area contributed by atoms with Gasteiger partial charge in [0.15, 0.2) is 11.5 Å². The zero-order valence-electron chi connectivity index (χ0n) is 22.6. The lowest BCUT2D eigenvalue weighted by Crippen LogP contribution is -2.36. The highest BCUT2D eigenvalue weighted by atomic mass is 19.1. The Bertz CT molecular complexity index is 1790. The van der Waals surface area contributed by atoms with Crippen LogP contribution in [0.15, 0.2) is 66.9 Å². The van der Waals surface area contributed by atoms with Crippen LogP contribution in [0.3, 0.4) is 0 Å². The topological polar surface area (TPSA) is 111 Å². The smallest absolute Gasteiger partial charge is 0.356 e. The number of nitrogens with zero attached hydrogens (tertiary/aromatic N) is 3. The molecule has 5 aromatic rings. The summed E-state index contributed by atoms with van der Waals surface area (Å²) in [5.74, 6) is -2.28. The Hall–Kier alpha value is -4.96. The Balaban J connectivity index is 1.42. The minimum atomic E-state index is -1.19. The van der Waals surface area contributed by atoms with Crippen LogP contribution in [-0.2, 0) is 4.74 Å². The van der Waals surface area contributed by atoms with Gasteiger partial charge in [-0.1, -0.05) is 18.2 Å². The van der Waals surface area contributed by atoms with Crippen molar-refractivity contribution in [1.82, 2.24) is 9.97 Å². The summed E-state index contributed by atoms with van der Waals surface area (Å²) in [5, 5.41) is 13.8.